The van der Waals surface area contributed by atoms with Gasteiger partial charge in [-0.2, -0.15) is 0 Å². The van der Waals surface area contributed by atoms with E-state index in [1.165, 1.54) is 30.4 Å². The van der Waals surface area contributed by atoms with Crippen LogP contribution in [0.4, 0.5) is 0 Å². The van der Waals surface area contributed by atoms with Crippen molar-refractivity contribution >= 4 is 0 Å². The van der Waals surface area contributed by atoms with Gasteiger partial charge in [0.15, 0.2) is 6.29 Å². The summed E-state index contributed by atoms with van der Waals surface area (Å²) in [6.45, 7) is 9.59. The molecule has 2 atom stereocenters. The van der Waals surface area contributed by atoms with Crippen LogP contribution in [0.15, 0.2) is 48.5 Å². The van der Waals surface area contributed by atoms with Crippen LogP contribution in [0.5, 0.6) is 11.5 Å². The molecule has 2 unspecified atom stereocenters. The first-order valence-corrected chi connectivity index (χ1v) is 10.7. The number of unbranched alkanes of at least 4 members (excludes halogenated alkanes) is 2. The van der Waals surface area contributed by atoms with E-state index in [-0.39, 0.29) is 6.29 Å². The number of hydrogen-bond donors (Lipinski definition) is 0. The van der Waals surface area contributed by atoms with Crippen molar-refractivity contribution < 1.29 is 14.2 Å². The highest BCUT2D eigenvalue weighted by Crippen LogP contribution is 2.22. The highest BCUT2D eigenvalue weighted by molar-refractivity contribution is 5.29. The van der Waals surface area contributed by atoms with Gasteiger partial charge in [-0.05, 0) is 67.5 Å². The monoisotopic (exact) mass is 384 g/mol. The van der Waals surface area contributed by atoms with Gasteiger partial charge in [0.1, 0.15) is 18.1 Å². The summed E-state index contributed by atoms with van der Waals surface area (Å²) in [5, 5.41) is 0. The summed E-state index contributed by atoms with van der Waals surface area (Å²) in [5.41, 5.74) is 2.68. The third kappa shape index (κ3) is 7.93. The molecule has 0 heterocycles. The van der Waals surface area contributed by atoms with Gasteiger partial charge in [0.2, 0.25) is 0 Å². The maximum atomic E-state index is 5.83. The molecule has 0 N–H and O–H groups in total. The lowest BCUT2D eigenvalue weighted by atomic mass is 9.99. The molecule has 2 aromatic carbocycles. The number of hydrogen-bond acceptors (Lipinski definition) is 3. The van der Waals surface area contributed by atoms with Gasteiger partial charge < -0.3 is 14.2 Å². The van der Waals surface area contributed by atoms with Gasteiger partial charge >= 0.3 is 0 Å². The van der Waals surface area contributed by atoms with Crippen LogP contribution in [0.25, 0.3) is 0 Å². The fraction of sp³-hybridized carbons (Fsp3) is 0.520. The number of ether oxygens (including phenoxy) is 3. The summed E-state index contributed by atoms with van der Waals surface area (Å²) in [6.07, 6.45) is 5.70. The van der Waals surface area contributed by atoms with Crippen molar-refractivity contribution in [3.63, 3.8) is 0 Å². The third-order valence-electron chi connectivity index (χ3n) is 5.04. The zero-order valence-electron chi connectivity index (χ0n) is 17.9. The van der Waals surface area contributed by atoms with E-state index in [0.29, 0.717) is 19.1 Å². The van der Waals surface area contributed by atoms with Crippen LogP contribution in [-0.4, -0.2) is 19.5 Å². The molecule has 0 fully saturated rings. The van der Waals surface area contributed by atoms with Crippen molar-refractivity contribution in [2.75, 3.05) is 13.2 Å². The largest absolute Gasteiger partial charge is 0.491 e. The summed E-state index contributed by atoms with van der Waals surface area (Å²) in [6, 6.07) is 16.7. The average molecular weight is 385 g/mol. The molecule has 2 aromatic rings. The Bertz CT molecular complexity index is 666. The van der Waals surface area contributed by atoms with Gasteiger partial charge in [-0.1, -0.05) is 57.9 Å². The normalized spacial score (nSPS) is 13.1. The van der Waals surface area contributed by atoms with Crippen molar-refractivity contribution in [2.24, 2.45) is 0 Å². The van der Waals surface area contributed by atoms with Gasteiger partial charge in [-0.15, -0.1) is 0 Å². The van der Waals surface area contributed by atoms with Crippen LogP contribution in [0.1, 0.15) is 70.4 Å². The Morgan fingerprint density at radius 1 is 0.857 bits per heavy atom. The summed E-state index contributed by atoms with van der Waals surface area (Å²) in [4.78, 5) is 0. The zero-order chi connectivity index (χ0) is 20.2. The molecule has 154 valence electrons. The van der Waals surface area contributed by atoms with Gasteiger partial charge in [-0.3, -0.25) is 0 Å². The van der Waals surface area contributed by atoms with Gasteiger partial charge in [-0.25, -0.2) is 0 Å². The zero-order valence-corrected chi connectivity index (χ0v) is 17.9. The molecule has 0 spiro atoms. The van der Waals surface area contributed by atoms with Crippen LogP contribution in [0.2, 0.25) is 0 Å². The topological polar surface area (TPSA) is 27.7 Å². The molecule has 0 aliphatic carbocycles. The molecular formula is C25H36O3. The van der Waals surface area contributed by atoms with Crippen LogP contribution in [-0.2, 0) is 11.2 Å². The van der Waals surface area contributed by atoms with E-state index >= 15 is 0 Å². The van der Waals surface area contributed by atoms with Crippen molar-refractivity contribution in [3.8, 4) is 11.5 Å². The second kappa shape index (κ2) is 12.5. The quantitative estimate of drug-likeness (QED) is 0.282. The SMILES string of the molecule is CCCCCc1cccc(OCCOC(C)Oc2ccc(C(C)CC)cc2)c1. The predicted octanol–water partition coefficient (Wildman–Crippen LogP) is 6.75. The lowest BCUT2D eigenvalue weighted by Crippen LogP contribution is -2.19. The Hall–Kier alpha value is -2.00. The lowest BCUT2D eigenvalue weighted by Gasteiger charge is -2.17. The molecule has 3 heteroatoms. The fourth-order valence-corrected chi connectivity index (χ4v) is 3.08. The van der Waals surface area contributed by atoms with Gasteiger partial charge in [0, 0.05) is 0 Å². The van der Waals surface area contributed by atoms with Crippen LogP contribution in [0, 0.1) is 0 Å². The lowest BCUT2D eigenvalue weighted by molar-refractivity contribution is -0.0739. The number of aryl methyl sites for hydroxylation is 1. The minimum Gasteiger partial charge on any atom is -0.491 e. The summed E-state index contributed by atoms with van der Waals surface area (Å²) >= 11 is 0. The molecular weight excluding hydrogens is 348 g/mol. The second-order valence-electron chi connectivity index (χ2n) is 7.39. The van der Waals surface area contributed by atoms with Crippen molar-refractivity contribution in [3.05, 3.63) is 59.7 Å². The molecule has 0 saturated heterocycles. The molecule has 28 heavy (non-hydrogen) atoms. The molecule has 2 rings (SSSR count). The Morgan fingerprint density at radius 3 is 2.36 bits per heavy atom. The maximum absolute atomic E-state index is 5.83. The Morgan fingerprint density at radius 2 is 1.64 bits per heavy atom. The number of benzene rings is 2. The molecule has 0 aromatic heterocycles. The van der Waals surface area contributed by atoms with Crippen LogP contribution >= 0.6 is 0 Å². The third-order valence-corrected chi connectivity index (χ3v) is 5.04. The Labute approximate surface area is 171 Å². The average Bonchev–Trinajstić information content (AvgIpc) is 2.72. The molecule has 3 nitrogen and oxygen atoms in total. The van der Waals surface area contributed by atoms with E-state index in [1.807, 2.05) is 25.1 Å². The van der Waals surface area contributed by atoms with Crippen molar-refractivity contribution in [2.45, 2.75) is 72.0 Å². The molecule has 0 radical (unpaired) electrons. The molecule has 0 saturated carbocycles. The number of rotatable bonds is 13. The summed E-state index contributed by atoms with van der Waals surface area (Å²) in [7, 11) is 0. The standard InChI is InChI=1S/C25H36O3/c1-5-7-8-10-22-11-9-12-25(19-22)27-18-17-26-21(4)28-24-15-13-23(14-16-24)20(3)6-2/h9,11-16,19-21H,5-8,10,17-18H2,1-4H3. The van der Waals surface area contributed by atoms with E-state index in [2.05, 4.69) is 51.1 Å². The van der Waals surface area contributed by atoms with E-state index in [1.54, 1.807) is 0 Å². The van der Waals surface area contributed by atoms with E-state index < -0.39 is 0 Å². The summed E-state index contributed by atoms with van der Waals surface area (Å²) in [5.74, 6) is 2.32. The predicted molar refractivity (Wildman–Crippen MR) is 116 cm³/mol. The summed E-state index contributed by atoms with van der Waals surface area (Å²) < 4.78 is 17.4. The molecule has 0 amide bonds. The highest BCUT2D eigenvalue weighted by Gasteiger charge is 2.07. The highest BCUT2D eigenvalue weighted by atomic mass is 16.7. The van der Waals surface area contributed by atoms with Crippen molar-refractivity contribution in [1.82, 2.24) is 0 Å². The first-order chi connectivity index (χ1) is 13.6. The van der Waals surface area contributed by atoms with Crippen LogP contribution in [0.3, 0.4) is 0 Å². The molecule has 0 bridgehead atoms. The minimum atomic E-state index is -0.307. The second-order valence-corrected chi connectivity index (χ2v) is 7.39. The van der Waals surface area contributed by atoms with E-state index in [0.717, 1.165) is 24.3 Å². The van der Waals surface area contributed by atoms with E-state index in [4.69, 9.17) is 14.2 Å². The van der Waals surface area contributed by atoms with Crippen LogP contribution < -0.4 is 9.47 Å². The first-order valence-electron chi connectivity index (χ1n) is 10.7. The molecule has 0 aliphatic heterocycles. The fourth-order valence-electron chi connectivity index (χ4n) is 3.08. The molecule has 0 aliphatic rings. The Balaban J connectivity index is 1.68. The minimum absolute atomic E-state index is 0.307. The Kier molecular flexibility index (Phi) is 9.92. The van der Waals surface area contributed by atoms with Gasteiger partial charge in [0.05, 0.1) is 6.61 Å². The van der Waals surface area contributed by atoms with E-state index in [9.17, 15) is 0 Å². The first kappa shape index (κ1) is 22.3. The maximum Gasteiger partial charge on any atom is 0.197 e. The van der Waals surface area contributed by atoms with Crippen molar-refractivity contribution in [1.29, 1.82) is 0 Å². The smallest absolute Gasteiger partial charge is 0.197 e. The van der Waals surface area contributed by atoms with Gasteiger partial charge in [0.25, 0.3) is 0 Å².